The van der Waals surface area contributed by atoms with Crippen LogP contribution in [-0.4, -0.2) is 14.5 Å². The summed E-state index contributed by atoms with van der Waals surface area (Å²) in [6.07, 6.45) is 0. The average molecular weight is 594 g/mol. The highest BCUT2D eigenvalue weighted by atomic mass is 32.1. The van der Waals surface area contributed by atoms with Crippen LogP contribution in [0.4, 0.5) is 0 Å². The highest BCUT2D eigenvalue weighted by molar-refractivity contribution is 7.26. The number of nitrogens with zero attached hydrogens (tertiary/aromatic N) is 3. The first kappa shape index (κ1) is 25.1. The summed E-state index contributed by atoms with van der Waals surface area (Å²) in [5.41, 5.74) is 9.54. The standard InChI is InChI=1S/C41H27N3S/c1-41(2)31-17-9-6-14-25(31)26-20-21-28-27-22-23-34-35(30-16-8-11-19-33(30)45-34)37(27)44(38(28)36(26)41)40-29-15-7-10-18-32(29)42-39(43-40)24-12-4-3-5-13-24/h3-23H,1-2H3. The van der Waals surface area contributed by atoms with Gasteiger partial charge in [-0.25, -0.2) is 9.97 Å². The molecule has 0 fully saturated rings. The largest absolute Gasteiger partial charge is 0.292 e. The van der Waals surface area contributed by atoms with Crippen molar-refractivity contribution in [2.24, 2.45) is 0 Å². The number of para-hydroxylation sites is 1. The molecule has 0 bridgehead atoms. The molecule has 212 valence electrons. The Bertz CT molecular complexity index is 2680. The number of hydrogen-bond acceptors (Lipinski definition) is 3. The molecule has 10 rings (SSSR count). The third kappa shape index (κ3) is 3.29. The van der Waals surface area contributed by atoms with Gasteiger partial charge < -0.3 is 0 Å². The van der Waals surface area contributed by atoms with Gasteiger partial charge in [-0.3, -0.25) is 4.57 Å². The summed E-state index contributed by atoms with van der Waals surface area (Å²) < 4.78 is 5.08. The van der Waals surface area contributed by atoms with Crippen LogP contribution in [-0.2, 0) is 5.41 Å². The highest BCUT2D eigenvalue weighted by Crippen LogP contribution is 2.54. The molecular formula is C41H27N3S. The van der Waals surface area contributed by atoms with E-state index in [9.17, 15) is 0 Å². The fourth-order valence-corrected chi connectivity index (χ4v) is 8.92. The van der Waals surface area contributed by atoms with Crippen LogP contribution in [0.2, 0.25) is 0 Å². The Labute approximate surface area is 264 Å². The fraction of sp³-hybridized carbons (Fsp3) is 0.0732. The van der Waals surface area contributed by atoms with E-state index in [0.717, 1.165) is 28.1 Å². The molecule has 0 atom stereocenters. The van der Waals surface area contributed by atoms with Crippen LogP contribution >= 0.6 is 11.3 Å². The predicted octanol–water partition coefficient (Wildman–Crippen LogP) is 11.1. The zero-order chi connectivity index (χ0) is 29.9. The maximum atomic E-state index is 5.46. The van der Waals surface area contributed by atoms with E-state index in [1.165, 1.54) is 64.2 Å². The Balaban J connectivity index is 1.48. The molecule has 45 heavy (non-hydrogen) atoms. The lowest BCUT2D eigenvalue weighted by atomic mass is 9.81. The van der Waals surface area contributed by atoms with E-state index in [1.54, 1.807) is 0 Å². The SMILES string of the molecule is CC1(C)c2ccccc2-c2ccc3c4ccc5sc6ccccc6c5c4n(-c4nc(-c5ccccc5)nc5ccccc45)c3c21. The first-order valence-electron chi connectivity index (χ1n) is 15.4. The Hall–Kier alpha value is -5.32. The van der Waals surface area contributed by atoms with Crippen molar-refractivity contribution in [3.8, 4) is 28.3 Å². The van der Waals surface area contributed by atoms with Crippen molar-refractivity contribution < 1.29 is 0 Å². The molecule has 0 unspecified atom stereocenters. The summed E-state index contributed by atoms with van der Waals surface area (Å²) in [6, 6.07) is 45.9. The molecular weight excluding hydrogens is 567 g/mol. The zero-order valence-corrected chi connectivity index (χ0v) is 25.7. The summed E-state index contributed by atoms with van der Waals surface area (Å²) in [4.78, 5) is 10.6. The minimum Gasteiger partial charge on any atom is -0.292 e. The molecule has 1 aliphatic carbocycles. The van der Waals surface area contributed by atoms with Crippen LogP contribution in [0.5, 0.6) is 0 Å². The van der Waals surface area contributed by atoms with Gasteiger partial charge in [-0.1, -0.05) is 117 Å². The first-order valence-corrected chi connectivity index (χ1v) is 16.3. The first-order chi connectivity index (χ1) is 22.1. The zero-order valence-electron chi connectivity index (χ0n) is 24.9. The molecule has 3 nitrogen and oxygen atoms in total. The van der Waals surface area contributed by atoms with Crippen molar-refractivity contribution in [2.45, 2.75) is 19.3 Å². The monoisotopic (exact) mass is 593 g/mol. The van der Waals surface area contributed by atoms with E-state index in [-0.39, 0.29) is 5.41 Å². The second-order valence-corrected chi connectivity index (χ2v) is 13.7. The fourth-order valence-electron chi connectivity index (χ4n) is 7.81. The van der Waals surface area contributed by atoms with Gasteiger partial charge >= 0.3 is 0 Å². The number of thiophene rings is 1. The van der Waals surface area contributed by atoms with Gasteiger partial charge in [-0.05, 0) is 46.5 Å². The second-order valence-electron chi connectivity index (χ2n) is 12.6. The predicted molar refractivity (Wildman–Crippen MR) is 190 cm³/mol. The van der Waals surface area contributed by atoms with Gasteiger partial charge in [0.25, 0.3) is 0 Å². The lowest BCUT2D eigenvalue weighted by Crippen LogP contribution is -2.17. The number of rotatable bonds is 2. The molecule has 0 saturated heterocycles. The van der Waals surface area contributed by atoms with Crippen molar-refractivity contribution in [2.75, 3.05) is 0 Å². The van der Waals surface area contributed by atoms with Crippen molar-refractivity contribution in [3.63, 3.8) is 0 Å². The smallest absolute Gasteiger partial charge is 0.162 e. The van der Waals surface area contributed by atoms with Gasteiger partial charge in [0.15, 0.2) is 5.82 Å². The second kappa shape index (κ2) is 8.87. The lowest BCUT2D eigenvalue weighted by molar-refractivity contribution is 0.664. The van der Waals surface area contributed by atoms with Crippen LogP contribution in [0, 0.1) is 0 Å². The molecule has 3 heterocycles. The van der Waals surface area contributed by atoms with Gasteiger partial charge in [-0.15, -0.1) is 11.3 Å². The van der Waals surface area contributed by atoms with Crippen molar-refractivity contribution >= 4 is 64.2 Å². The maximum Gasteiger partial charge on any atom is 0.162 e. The van der Waals surface area contributed by atoms with Crippen molar-refractivity contribution in [1.82, 2.24) is 14.5 Å². The summed E-state index contributed by atoms with van der Waals surface area (Å²) in [5, 5.41) is 6.12. The third-order valence-corrected chi connectivity index (χ3v) is 10.9. The van der Waals surface area contributed by atoms with E-state index in [2.05, 4.69) is 140 Å². The Morgan fingerprint density at radius 1 is 0.556 bits per heavy atom. The van der Waals surface area contributed by atoms with Gasteiger partial charge in [0.2, 0.25) is 0 Å². The number of benzene rings is 6. The minimum atomic E-state index is -0.196. The average Bonchev–Trinajstić information content (AvgIpc) is 3.70. The molecule has 3 aromatic heterocycles. The molecule has 6 aromatic carbocycles. The van der Waals surface area contributed by atoms with E-state index in [4.69, 9.17) is 9.97 Å². The van der Waals surface area contributed by atoms with Crippen LogP contribution in [0.3, 0.4) is 0 Å². The van der Waals surface area contributed by atoms with Gasteiger partial charge in [-0.2, -0.15) is 0 Å². The molecule has 0 radical (unpaired) electrons. The van der Waals surface area contributed by atoms with Gasteiger partial charge in [0.05, 0.1) is 16.6 Å². The van der Waals surface area contributed by atoms with E-state index in [1.807, 2.05) is 17.4 Å². The van der Waals surface area contributed by atoms with Crippen LogP contribution < -0.4 is 0 Å². The summed E-state index contributed by atoms with van der Waals surface area (Å²) >= 11 is 1.86. The van der Waals surface area contributed by atoms with E-state index >= 15 is 0 Å². The minimum absolute atomic E-state index is 0.196. The highest BCUT2D eigenvalue weighted by Gasteiger charge is 2.39. The van der Waals surface area contributed by atoms with Crippen LogP contribution in [0.1, 0.15) is 25.0 Å². The number of hydrogen-bond donors (Lipinski definition) is 0. The Kier molecular flexibility index (Phi) is 4.94. The summed E-state index contributed by atoms with van der Waals surface area (Å²) in [7, 11) is 0. The maximum absolute atomic E-state index is 5.46. The quantitative estimate of drug-likeness (QED) is 0.200. The number of fused-ring (bicyclic) bond motifs is 12. The molecule has 0 amide bonds. The van der Waals surface area contributed by atoms with E-state index in [0.29, 0.717) is 0 Å². The molecule has 0 spiro atoms. The summed E-state index contributed by atoms with van der Waals surface area (Å²) in [6.45, 7) is 4.75. The van der Waals surface area contributed by atoms with Crippen LogP contribution in [0.15, 0.2) is 127 Å². The topological polar surface area (TPSA) is 30.7 Å². The molecule has 0 saturated carbocycles. The lowest BCUT2D eigenvalue weighted by Gasteiger charge is -2.24. The van der Waals surface area contributed by atoms with Crippen molar-refractivity contribution in [1.29, 1.82) is 0 Å². The third-order valence-electron chi connectivity index (χ3n) is 9.77. The molecule has 0 aliphatic heterocycles. The molecule has 0 N–H and O–H groups in total. The number of aromatic nitrogens is 3. The normalized spacial score (nSPS) is 13.7. The molecule has 4 heteroatoms. The van der Waals surface area contributed by atoms with E-state index < -0.39 is 0 Å². The van der Waals surface area contributed by atoms with Gasteiger partial charge in [0, 0.05) is 47.3 Å². The van der Waals surface area contributed by atoms with Crippen LogP contribution in [0.25, 0.3) is 81.2 Å². The van der Waals surface area contributed by atoms with Gasteiger partial charge in [0.1, 0.15) is 5.82 Å². The van der Waals surface area contributed by atoms with Crippen molar-refractivity contribution in [3.05, 3.63) is 139 Å². The Morgan fingerprint density at radius 3 is 2.16 bits per heavy atom. The summed E-state index contributed by atoms with van der Waals surface area (Å²) in [5.74, 6) is 1.65. The molecule has 1 aliphatic rings. The molecule has 9 aromatic rings. The Morgan fingerprint density at radius 2 is 1.27 bits per heavy atom.